The molecule has 0 saturated heterocycles. The van der Waals surface area contributed by atoms with Crippen LogP contribution in [0.2, 0.25) is 0 Å². The van der Waals surface area contributed by atoms with Gasteiger partial charge < -0.3 is 10.5 Å². The lowest BCUT2D eigenvalue weighted by Crippen LogP contribution is -2.17. The Labute approximate surface area is 70.1 Å². The lowest BCUT2D eigenvalue weighted by Gasteiger charge is -2.10. The standard InChI is InChI=1S/C9H21NO/c1-8(2)4-5-11-7-9(3)6-10/h8-9H,4-7,10H2,1-3H3. The fourth-order valence-electron chi connectivity index (χ4n) is 0.672. The molecule has 0 radical (unpaired) electrons. The van der Waals surface area contributed by atoms with Crippen LogP contribution in [-0.2, 0) is 4.74 Å². The SMILES string of the molecule is CC(C)CCOCC(C)CN. The van der Waals surface area contributed by atoms with E-state index in [2.05, 4.69) is 20.8 Å². The molecule has 0 fully saturated rings. The van der Waals surface area contributed by atoms with Gasteiger partial charge in [-0.1, -0.05) is 20.8 Å². The Hall–Kier alpha value is -0.0800. The Kier molecular flexibility index (Phi) is 6.57. The van der Waals surface area contributed by atoms with Crippen molar-refractivity contribution in [2.75, 3.05) is 19.8 Å². The molecule has 0 spiro atoms. The molecule has 0 aromatic heterocycles. The zero-order valence-corrected chi connectivity index (χ0v) is 7.97. The summed E-state index contributed by atoms with van der Waals surface area (Å²) in [5.74, 6) is 1.24. The van der Waals surface area contributed by atoms with Crippen molar-refractivity contribution in [2.24, 2.45) is 17.6 Å². The van der Waals surface area contributed by atoms with Crippen molar-refractivity contribution in [3.05, 3.63) is 0 Å². The fourth-order valence-corrected chi connectivity index (χ4v) is 0.672. The number of nitrogens with two attached hydrogens (primary N) is 1. The van der Waals surface area contributed by atoms with Crippen LogP contribution in [0.4, 0.5) is 0 Å². The molecular weight excluding hydrogens is 138 g/mol. The van der Waals surface area contributed by atoms with Crippen LogP contribution in [0.1, 0.15) is 27.2 Å². The monoisotopic (exact) mass is 159 g/mol. The highest BCUT2D eigenvalue weighted by Crippen LogP contribution is 2.00. The first-order chi connectivity index (χ1) is 5.16. The third kappa shape index (κ3) is 7.82. The average Bonchev–Trinajstić information content (AvgIpc) is 1.97. The minimum Gasteiger partial charge on any atom is -0.381 e. The van der Waals surface area contributed by atoms with Gasteiger partial charge in [0.1, 0.15) is 0 Å². The maximum absolute atomic E-state index is 5.43. The first-order valence-corrected chi connectivity index (χ1v) is 4.44. The van der Waals surface area contributed by atoms with Crippen molar-refractivity contribution in [3.8, 4) is 0 Å². The van der Waals surface area contributed by atoms with Crippen molar-refractivity contribution in [1.82, 2.24) is 0 Å². The minimum atomic E-state index is 0.502. The van der Waals surface area contributed by atoms with Crippen LogP contribution in [0.15, 0.2) is 0 Å². The Balaban J connectivity index is 3.01. The summed E-state index contributed by atoms with van der Waals surface area (Å²) in [5.41, 5.74) is 5.43. The van der Waals surface area contributed by atoms with Crippen molar-refractivity contribution in [2.45, 2.75) is 27.2 Å². The molecule has 0 heterocycles. The van der Waals surface area contributed by atoms with E-state index in [1.807, 2.05) is 0 Å². The molecule has 0 bridgehead atoms. The van der Waals surface area contributed by atoms with Gasteiger partial charge in [0.2, 0.25) is 0 Å². The van der Waals surface area contributed by atoms with Crippen LogP contribution in [0, 0.1) is 11.8 Å². The van der Waals surface area contributed by atoms with Gasteiger partial charge in [-0.25, -0.2) is 0 Å². The highest BCUT2D eigenvalue weighted by Gasteiger charge is 1.98. The molecule has 2 heteroatoms. The van der Waals surface area contributed by atoms with E-state index >= 15 is 0 Å². The molecule has 0 amide bonds. The second-order valence-electron chi connectivity index (χ2n) is 3.60. The smallest absolute Gasteiger partial charge is 0.0503 e. The number of hydrogen-bond acceptors (Lipinski definition) is 2. The van der Waals surface area contributed by atoms with E-state index in [0.717, 1.165) is 32.1 Å². The third-order valence-electron chi connectivity index (χ3n) is 1.64. The Morgan fingerprint density at radius 3 is 2.36 bits per heavy atom. The maximum atomic E-state index is 5.43. The van der Waals surface area contributed by atoms with Gasteiger partial charge in [-0.15, -0.1) is 0 Å². The van der Waals surface area contributed by atoms with Gasteiger partial charge >= 0.3 is 0 Å². The Morgan fingerprint density at radius 1 is 1.27 bits per heavy atom. The van der Waals surface area contributed by atoms with E-state index in [0.29, 0.717) is 5.92 Å². The van der Waals surface area contributed by atoms with Crippen LogP contribution < -0.4 is 5.73 Å². The predicted octanol–water partition coefficient (Wildman–Crippen LogP) is 1.64. The van der Waals surface area contributed by atoms with Gasteiger partial charge in [0, 0.05) is 6.61 Å². The van der Waals surface area contributed by atoms with E-state index in [4.69, 9.17) is 10.5 Å². The van der Waals surface area contributed by atoms with E-state index in [1.165, 1.54) is 0 Å². The fraction of sp³-hybridized carbons (Fsp3) is 1.00. The molecule has 68 valence electrons. The molecule has 0 aromatic rings. The second-order valence-corrected chi connectivity index (χ2v) is 3.60. The summed E-state index contributed by atoms with van der Waals surface area (Å²) in [5, 5.41) is 0. The minimum absolute atomic E-state index is 0.502. The molecule has 2 nitrogen and oxygen atoms in total. The van der Waals surface area contributed by atoms with Crippen molar-refractivity contribution in [1.29, 1.82) is 0 Å². The van der Waals surface area contributed by atoms with Gasteiger partial charge in [-0.3, -0.25) is 0 Å². The van der Waals surface area contributed by atoms with E-state index < -0.39 is 0 Å². The first-order valence-electron chi connectivity index (χ1n) is 4.44. The zero-order chi connectivity index (χ0) is 8.69. The zero-order valence-electron chi connectivity index (χ0n) is 7.97. The summed E-state index contributed by atoms with van der Waals surface area (Å²) in [4.78, 5) is 0. The highest BCUT2D eigenvalue weighted by atomic mass is 16.5. The molecule has 1 unspecified atom stereocenters. The average molecular weight is 159 g/mol. The van der Waals surface area contributed by atoms with Gasteiger partial charge in [0.15, 0.2) is 0 Å². The topological polar surface area (TPSA) is 35.2 Å². The van der Waals surface area contributed by atoms with E-state index in [-0.39, 0.29) is 0 Å². The van der Waals surface area contributed by atoms with Crippen LogP contribution >= 0.6 is 0 Å². The largest absolute Gasteiger partial charge is 0.381 e. The van der Waals surface area contributed by atoms with Crippen LogP contribution in [-0.4, -0.2) is 19.8 Å². The predicted molar refractivity (Wildman–Crippen MR) is 48.5 cm³/mol. The lowest BCUT2D eigenvalue weighted by molar-refractivity contribution is 0.0982. The van der Waals surface area contributed by atoms with Gasteiger partial charge in [-0.2, -0.15) is 0 Å². The number of ether oxygens (including phenoxy) is 1. The normalized spacial score (nSPS) is 13.9. The third-order valence-corrected chi connectivity index (χ3v) is 1.64. The van der Waals surface area contributed by atoms with Crippen molar-refractivity contribution >= 4 is 0 Å². The number of hydrogen-bond donors (Lipinski definition) is 1. The molecule has 0 saturated carbocycles. The Morgan fingerprint density at radius 2 is 1.91 bits per heavy atom. The van der Waals surface area contributed by atoms with Gasteiger partial charge in [0.25, 0.3) is 0 Å². The van der Waals surface area contributed by atoms with E-state index in [9.17, 15) is 0 Å². The molecule has 1 atom stereocenters. The quantitative estimate of drug-likeness (QED) is 0.598. The van der Waals surface area contributed by atoms with Gasteiger partial charge in [0.05, 0.1) is 6.61 Å². The second kappa shape index (κ2) is 6.62. The maximum Gasteiger partial charge on any atom is 0.0503 e. The molecule has 0 aliphatic carbocycles. The first kappa shape index (κ1) is 10.9. The molecule has 0 aliphatic heterocycles. The van der Waals surface area contributed by atoms with Crippen molar-refractivity contribution < 1.29 is 4.74 Å². The summed E-state index contributed by atoms with van der Waals surface area (Å²) in [6.45, 7) is 8.92. The Bertz CT molecular complexity index is 83.6. The molecule has 11 heavy (non-hydrogen) atoms. The summed E-state index contributed by atoms with van der Waals surface area (Å²) in [6, 6.07) is 0. The van der Waals surface area contributed by atoms with Crippen LogP contribution in [0.5, 0.6) is 0 Å². The summed E-state index contributed by atoms with van der Waals surface area (Å²) in [6.07, 6.45) is 1.15. The molecule has 0 aromatic carbocycles. The molecule has 0 rings (SSSR count). The summed E-state index contributed by atoms with van der Waals surface area (Å²) >= 11 is 0. The lowest BCUT2D eigenvalue weighted by atomic mass is 10.1. The molecular formula is C9H21NO. The summed E-state index contributed by atoms with van der Waals surface area (Å²) in [7, 11) is 0. The summed E-state index contributed by atoms with van der Waals surface area (Å²) < 4.78 is 5.42. The highest BCUT2D eigenvalue weighted by molar-refractivity contribution is 4.50. The van der Waals surface area contributed by atoms with Crippen LogP contribution in [0.25, 0.3) is 0 Å². The number of rotatable bonds is 6. The molecule has 2 N–H and O–H groups in total. The van der Waals surface area contributed by atoms with E-state index in [1.54, 1.807) is 0 Å². The van der Waals surface area contributed by atoms with Crippen molar-refractivity contribution in [3.63, 3.8) is 0 Å². The van der Waals surface area contributed by atoms with Crippen LogP contribution in [0.3, 0.4) is 0 Å². The van der Waals surface area contributed by atoms with Gasteiger partial charge in [-0.05, 0) is 24.8 Å². The molecule has 0 aliphatic rings.